The van der Waals surface area contributed by atoms with Crippen molar-refractivity contribution in [3.63, 3.8) is 0 Å². The first-order chi connectivity index (χ1) is 7.22. The second-order valence-corrected chi connectivity index (χ2v) is 2.97. The Morgan fingerprint density at radius 2 is 2.33 bits per heavy atom. The number of rotatable bonds is 5. The maximum Gasteiger partial charge on any atom is 0.344 e. The van der Waals surface area contributed by atoms with E-state index >= 15 is 0 Å². The van der Waals surface area contributed by atoms with E-state index in [9.17, 15) is 4.79 Å². The Morgan fingerprint density at radius 3 is 2.93 bits per heavy atom. The second-order valence-electron chi connectivity index (χ2n) is 2.97. The van der Waals surface area contributed by atoms with Gasteiger partial charge in [0.1, 0.15) is 0 Å². The minimum atomic E-state index is -0.363. The highest BCUT2D eigenvalue weighted by molar-refractivity contribution is 6.23. The lowest BCUT2D eigenvalue weighted by molar-refractivity contribution is -0.125. The van der Waals surface area contributed by atoms with Crippen molar-refractivity contribution < 1.29 is 9.58 Å². The monoisotopic (exact) mass is 205 g/mol. The summed E-state index contributed by atoms with van der Waals surface area (Å²) in [4.78, 5) is 15.1. The van der Waals surface area contributed by atoms with E-state index in [0.717, 1.165) is 25.5 Å². The molecule has 0 aromatic carbocycles. The molecule has 0 spiro atoms. The van der Waals surface area contributed by atoms with Crippen molar-refractivity contribution in [2.24, 2.45) is 0 Å². The molecule has 1 amide bonds. The SMILES string of the molecule is C=CCCCC#CCN(C)C(=O)C=[N+]=[N-]. The summed E-state index contributed by atoms with van der Waals surface area (Å²) in [5.74, 6) is 5.45. The van der Waals surface area contributed by atoms with Crippen LogP contribution < -0.4 is 0 Å². The molecule has 0 heterocycles. The summed E-state index contributed by atoms with van der Waals surface area (Å²) in [5, 5.41) is 0. The van der Waals surface area contributed by atoms with Crippen molar-refractivity contribution in [3.8, 4) is 11.8 Å². The van der Waals surface area contributed by atoms with Crippen LogP contribution in [0.3, 0.4) is 0 Å². The molecule has 0 bridgehead atoms. The lowest BCUT2D eigenvalue weighted by Gasteiger charge is -2.06. The summed E-state index contributed by atoms with van der Waals surface area (Å²) in [6.45, 7) is 3.96. The molecule has 0 fully saturated rings. The third-order valence-electron chi connectivity index (χ3n) is 1.70. The minimum Gasteiger partial charge on any atom is -0.361 e. The highest BCUT2D eigenvalue weighted by Gasteiger charge is 2.06. The van der Waals surface area contributed by atoms with Gasteiger partial charge in [0.25, 0.3) is 0 Å². The molecule has 0 saturated heterocycles. The van der Waals surface area contributed by atoms with Gasteiger partial charge in [-0.15, -0.1) is 12.5 Å². The molecule has 0 aliphatic carbocycles. The average molecular weight is 205 g/mol. The number of carbonyl (C=O) groups excluding carboxylic acids is 1. The molecule has 0 aromatic rings. The summed E-state index contributed by atoms with van der Waals surface area (Å²) in [7, 11) is 1.60. The molecular formula is C11H15N3O. The van der Waals surface area contributed by atoms with Gasteiger partial charge in [-0.25, -0.2) is 0 Å². The molecule has 0 aliphatic heterocycles. The average Bonchev–Trinajstić information content (AvgIpc) is 2.23. The van der Waals surface area contributed by atoms with Crippen LogP contribution in [0.5, 0.6) is 0 Å². The number of nitrogens with zero attached hydrogens (tertiary/aromatic N) is 3. The molecule has 80 valence electrons. The number of unbranched alkanes of at least 4 members (excludes halogenated alkanes) is 2. The zero-order valence-electron chi connectivity index (χ0n) is 8.94. The standard InChI is InChI=1S/C11H15N3O/c1-3-4-5-6-7-8-9-14(2)11(15)10-13-12/h3,10H,1,4-6,9H2,2H3. The van der Waals surface area contributed by atoms with Crippen LogP contribution in [-0.2, 0) is 4.79 Å². The number of carbonyl (C=O) groups is 1. The fourth-order valence-electron chi connectivity index (χ4n) is 0.824. The summed E-state index contributed by atoms with van der Waals surface area (Å²) < 4.78 is 0. The second kappa shape index (κ2) is 8.74. The summed E-state index contributed by atoms with van der Waals surface area (Å²) in [6.07, 6.45) is 5.46. The van der Waals surface area contributed by atoms with Gasteiger partial charge in [-0.05, 0) is 12.8 Å². The molecule has 0 unspecified atom stereocenters. The molecule has 15 heavy (non-hydrogen) atoms. The first-order valence-corrected chi connectivity index (χ1v) is 4.71. The lowest BCUT2D eigenvalue weighted by Crippen LogP contribution is -2.28. The highest BCUT2D eigenvalue weighted by Crippen LogP contribution is 1.93. The van der Waals surface area contributed by atoms with E-state index in [1.54, 1.807) is 7.05 Å². The van der Waals surface area contributed by atoms with Crippen molar-refractivity contribution in [1.82, 2.24) is 4.90 Å². The Hall–Kier alpha value is -1.85. The molecule has 0 aliphatic rings. The maximum absolute atomic E-state index is 11.0. The Morgan fingerprint density at radius 1 is 1.60 bits per heavy atom. The molecule has 0 radical (unpaired) electrons. The van der Waals surface area contributed by atoms with Gasteiger partial charge in [-0.2, -0.15) is 4.79 Å². The van der Waals surface area contributed by atoms with Crippen molar-refractivity contribution in [2.75, 3.05) is 13.6 Å². The zero-order valence-corrected chi connectivity index (χ0v) is 8.94. The minimum absolute atomic E-state index is 0.346. The molecule has 4 nitrogen and oxygen atoms in total. The Labute approximate surface area is 90.2 Å². The predicted molar refractivity (Wildman–Crippen MR) is 59.1 cm³/mol. The molecule has 4 heteroatoms. The van der Waals surface area contributed by atoms with Crippen LogP contribution in [0.2, 0.25) is 0 Å². The lowest BCUT2D eigenvalue weighted by atomic mass is 10.2. The zero-order chi connectivity index (χ0) is 11.5. The van der Waals surface area contributed by atoms with Gasteiger partial charge >= 0.3 is 12.1 Å². The summed E-state index contributed by atoms with van der Waals surface area (Å²) >= 11 is 0. The Bertz CT molecular complexity index is 318. The van der Waals surface area contributed by atoms with E-state index in [2.05, 4.69) is 23.2 Å². The molecule has 0 N–H and O–H groups in total. The molecule has 0 atom stereocenters. The van der Waals surface area contributed by atoms with Crippen LogP contribution in [0.15, 0.2) is 12.7 Å². The normalized spacial score (nSPS) is 8.07. The number of allylic oxidation sites excluding steroid dienone is 1. The fraction of sp³-hybridized carbons (Fsp3) is 0.455. The van der Waals surface area contributed by atoms with Gasteiger partial charge < -0.3 is 10.4 Å². The van der Waals surface area contributed by atoms with E-state index < -0.39 is 0 Å². The largest absolute Gasteiger partial charge is 0.361 e. The van der Waals surface area contributed by atoms with Gasteiger partial charge in [0.2, 0.25) is 0 Å². The molecule has 0 aromatic heterocycles. The van der Waals surface area contributed by atoms with Crippen LogP contribution in [0, 0.1) is 11.8 Å². The first-order valence-electron chi connectivity index (χ1n) is 4.71. The van der Waals surface area contributed by atoms with Crippen molar-refractivity contribution >= 4 is 12.1 Å². The first kappa shape index (κ1) is 13.2. The van der Waals surface area contributed by atoms with Gasteiger partial charge in [0.05, 0.1) is 6.54 Å². The van der Waals surface area contributed by atoms with Crippen LogP contribution >= 0.6 is 0 Å². The van der Waals surface area contributed by atoms with Crippen molar-refractivity contribution in [2.45, 2.75) is 19.3 Å². The van der Waals surface area contributed by atoms with Gasteiger partial charge in [0.15, 0.2) is 0 Å². The maximum atomic E-state index is 11.0. The summed E-state index contributed by atoms with van der Waals surface area (Å²) in [6, 6.07) is 0. The fourth-order valence-corrected chi connectivity index (χ4v) is 0.824. The number of hydrogen-bond donors (Lipinski definition) is 0. The van der Waals surface area contributed by atoms with Crippen LogP contribution in [0.25, 0.3) is 5.53 Å². The summed E-state index contributed by atoms with van der Waals surface area (Å²) in [5.41, 5.74) is 8.13. The van der Waals surface area contributed by atoms with E-state index in [4.69, 9.17) is 5.53 Å². The van der Waals surface area contributed by atoms with E-state index in [1.165, 1.54) is 4.90 Å². The third-order valence-corrected chi connectivity index (χ3v) is 1.70. The van der Waals surface area contributed by atoms with Crippen molar-refractivity contribution in [3.05, 3.63) is 18.2 Å². The van der Waals surface area contributed by atoms with Gasteiger partial charge in [0, 0.05) is 13.5 Å². The van der Waals surface area contributed by atoms with Crippen LogP contribution in [0.1, 0.15) is 19.3 Å². The van der Waals surface area contributed by atoms with Gasteiger partial charge in [-0.3, -0.25) is 4.79 Å². The molecular weight excluding hydrogens is 190 g/mol. The Kier molecular flexibility index (Phi) is 7.66. The Balaban J connectivity index is 3.78. The number of amides is 1. The molecule has 0 rings (SSSR count). The van der Waals surface area contributed by atoms with E-state index in [-0.39, 0.29) is 5.91 Å². The molecule has 0 saturated carbocycles. The van der Waals surface area contributed by atoms with Crippen LogP contribution in [-0.4, -0.2) is 35.4 Å². The van der Waals surface area contributed by atoms with E-state index in [0.29, 0.717) is 6.54 Å². The van der Waals surface area contributed by atoms with Crippen LogP contribution in [0.4, 0.5) is 0 Å². The van der Waals surface area contributed by atoms with Crippen molar-refractivity contribution in [1.29, 1.82) is 0 Å². The topological polar surface area (TPSA) is 56.7 Å². The quantitative estimate of drug-likeness (QED) is 0.166. The number of hydrogen-bond acceptors (Lipinski definition) is 1. The smallest absolute Gasteiger partial charge is 0.344 e. The van der Waals surface area contributed by atoms with Gasteiger partial charge in [-0.1, -0.05) is 12.0 Å². The van der Waals surface area contributed by atoms with E-state index in [1.807, 2.05) is 6.08 Å². The predicted octanol–water partition coefficient (Wildman–Crippen LogP) is 1.11. The highest BCUT2D eigenvalue weighted by atomic mass is 16.2. The third kappa shape index (κ3) is 7.24.